The van der Waals surface area contributed by atoms with Gasteiger partial charge in [0.2, 0.25) is 5.91 Å². The summed E-state index contributed by atoms with van der Waals surface area (Å²) in [4.78, 5) is 13.2. The third-order valence-electron chi connectivity index (χ3n) is 3.28. The number of nitrogens with one attached hydrogen (secondary N) is 1. The molecule has 136 valence electrons. The van der Waals surface area contributed by atoms with Crippen LogP contribution in [0.4, 0.5) is 0 Å². The Balaban J connectivity index is 2.41. The number of rotatable bonds is 10. The van der Waals surface area contributed by atoms with Crippen LogP contribution in [0.5, 0.6) is 11.5 Å². The van der Waals surface area contributed by atoms with E-state index in [0.717, 1.165) is 10.1 Å². The Hall–Kier alpha value is -1.84. The number of methoxy groups -OCH3 is 1. The van der Waals surface area contributed by atoms with Crippen molar-refractivity contribution in [2.24, 2.45) is 0 Å². The zero-order valence-corrected chi connectivity index (χ0v) is 15.3. The Labute approximate surface area is 143 Å². The van der Waals surface area contributed by atoms with Crippen molar-refractivity contribution in [2.45, 2.75) is 6.92 Å². The lowest BCUT2D eigenvalue weighted by atomic mass is 10.3. The van der Waals surface area contributed by atoms with Crippen molar-refractivity contribution in [3.63, 3.8) is 0 Å². The molecule has 24 heavy (non-hydrogen) atoms. The number of hydrogen-bond donors (Lipinski definition) is 1. The van der Waals surface area contributed by atoms with Gasteiger partial charge in [-0.1, -0.05) is 0 Å². The highest BCUT2D eigenvalue weighted by molar-refractivity contribution is 7.87. The standard InChI is InChI=1S/C15H25N3O5S/c1-13(19)18(10-9-16-24(20,21)17(2)3)11-12-23-15-7-5-14(22-4)6-8-15/h5-8,16H,9-12H2,1-4H3. The molecule has 1 N–H and O–H groups in total. The van der Waals surface area contributed by atoms with Crippen molar-refractivity contribution in [1.82, 2.24) is 13.9 Å². The molecule has 0 aliphatic rings. The summed E-state index contributed by atoms with van der Waals surface area (Å²) in [5, 5.41) is 0. The van der Waals surface area contributed by atoms with Gasteiger partial charge in [0, 0.05) is 34.1 Å². The molecule has 0 radical (unpaired) electrons. The molecule has 9 heteroatoms. The third kappa shape index (κ3) is 6.73. The summed E-state index contributed by atoms with van der Waals surface area (Å²) in [5.41, 5.74) is 0. The summed E-state index contributed by atoms with van der Waals surface area (Å²) in [5.74, 6) is 1.27. The van der Waals surface area contributed by atoms with Crippen LogP contribution >= 0.6 is 0 Å². The smallest absolute Gasteiger partial charge is 0.278 e. The van der Waals surface area contributed by atoms with Crippen molar-refractivity contribution in [3.8, 4) is 11.5 Å². The Morgan fingerprint density at radius 3 is 2.21 bits per heavy atom. The van der Waals surface area contributed by atoms with Gasteiger partial charge in [-0.05, 0) is 24.3 Å². The molecule has 0 aliphatic heterocycles. The second kappa shape index (κ2) is 9.45. The van der Waals surface area contributed by atoms with Crippen LogP contribution in [0.1, 0.15) is 6.92 Å². The Morgan fingerprint density at radius 1 is 1.12 bits per heavy atom. The lowest BCUT2D eigenvalue weighted by Crippen LogP contribution is -2.42. The van der Waals surface area contributed by atoms with E-state index in [4.69, 9.17) is 9.47 Å². The van der Waals surface area contributed by atoms with Gasteiger partial charge in [-0.25, -0.2) is 4.72 Å². The number of hydrogen-bond acceptors (Lipinski definition) is 5. The van der Waals surface area contributed by atoms with E-state index in [2.05, 4.69) is 4.72 Å². The first-order valence-corrected chi connectivity index (χ1v) is 8.89. The minimum absolute atomic E-state index is 0.141. The molecular weight excluding hydrogens is 334 g/mol. The summed E-state index contributed by atoms with van der Waals surface area (Å²) in [6.07, 6.45) is 0. The maximum absolute atomic E-state index is 11.6. The Kier molecular flexibility index (Phi) is 7.96. The highest BCUT2D eigenvalue weighted by Gasteiger charge is 2.14. The quantitative estimate of drug-likeness (QED) is 0.650. The van der Waals surface area contributed by atoms with Gasteiger partial charge in [0.05, 0.1) is 13.7 Å². The topological polar surface area (TPSA) is 88.2 Å². The minimum Gasteiger partial charge on any atom is -0.497 e. The second-order valence-electron chi connectivity index (χ2n) is 5.21. The van der Waals surface area contributed by atoms with Gasteiger partial charge in [-0.3, -0.25) is 4.79 Å². The first-order valence-electron chi connectivity index (χ1n) is 7.45. The average Bonchev–Trinajstić information content (AvgIpc) is 2.53. The summed E-state index contributed by atoms with van der Waals surface area (Å²) >= 11 is 0. The first kappa shape index (κ1) is 20.2. The number of benzene rings is 1. The fourth-order valence-electron chi connectivity index (χ4n) is 1.81. The second-order valence-corrected chi connectivity index (χ2v) is 7.18. The van der Waals surface area contributed by atoms with Crippen LogP contribution in [0.2, 0.25) is 0 Å². The van der Waals surface area contributed by atoms with Crippen LogP contribution in [-0.2, 0) is 15.0 Å². The SMILES string of the molecule is COc1ccc(OCCN(CCNS(=O)(=O)N(C)C)C(C)=O)cc1. The molecule has 1 aromatic carbocycles. The van der Waals surface area contributed by atoms with Gasteiger partial charge in [-0.2, -0.15) is 12.7 Å². The van der Waals surface area contributed by atoms with E-state index in [9.17, 15) is 13.2 Å². The molecule has 0 aliphatic carbocycles. The van der Waals surface area contributed by atoms with Gasteiger partial charge in [-0.15, -0.1) is 0 Å². The van der Waals surface area contributed by atoms with E-state index in [1.54, 1.807) is 31.4 Å². The molecule has 0 heterocycles. The van der Waals surface area contributed by atoms with Crippen molar-refractivity contribution < 1.29 is 22.7 Å². The van der Waals surface area contributed by atoms with Crippen molar-refractivity contribution >= 4 is 16.1 Å². The minimum atomic E-state index is -3.49. The van der Waals surface area contributed by atoms with E-state index >= 15 is 0 Å². The molecule has 0 saturated carbocycles. The summed E-state index contributed by atoms with van der Waals surface area (Å²) < 4.78 is 37.4. The summed E-state index contributed by atoms with van der Waals surface area (Å²) in [6, 6.07) is 7.13. The molecule has 0 spiro atoms. The normalized spacial score (nSPS) is 11.4. The number of ether oxygens (including phenoxy) is 2. The zero-order chi connectivity index (χ0) is 18.2. The van der Waals surface area contributed by atoms with E-state index in [0.29, 0.717) is 18.9 Å². The molecule has 0 fully saturated rings. The van der Waals surface area contributed by atoms with Crippen molar-refractivity contribution in [1.29, 1.82) is 0 Å². The number of nitrogens with zero attached hydrogens (tertiary/aromatic N) is 2. The van der Waals surface area contributed by atoms with Crippen LogP contribution in [0.25, 0.3) is 0 Å². The molecule has 0 aromatic heterocycles. The Bertz CT molecular complexity index is 617. The fraction of sp³-hybridized carbons (Fsp3) is 0.533. The molecule has 0 bridgehead atoms. The molecule has 8 nitrogen and oxygen atoms in total. The largest absolute Gasteiger partial charge is 0.497 e. The molecule has 1 amide bonds. The van der Waals surface area contributed by atoms with E-state index in [-0.39, 0.29) is 19.0 Å². The molecular formula is C15H25N3O5S. The van der Waals surface area contributed by atoms with Crippen LogP contribution in [-0.4, -0.2) is 71.0 Å². The molecule has 0 unspecified atom stereocenters. The molecule has 1 rings (SSSR count). The maximum atomic E-state index is 11.6. The van der Waals surface area contributed by atoms with Crippen molar-refractivity contribution in [2.75, 3.05) is 47.4 Å². The lowest BCUT2D eigenvalue weighted by Gasteiger charge is -2.22. The molecule has 1 aromatic rings. The fourth-order valence-corrected chi connectivity index (χ4v) is 2.42. The van der Waals surface area contributed by atoms with Crippen LogP contribution in [0, 0.1) is 0 Å². The van der Waals surface area contributed by atoms with Gasteiger partial charge in [0.15, 0.2) is 0 Å². The van der Waals surface area contributed by atoms with Gasteiger partial charge in [0.25, 0.3) is 10.2 Å². The summed E-state index contributed by atoms with van der Waals surface area (Å²) in [7, 11) is 0.978. The first-order chi connectivity index (χ1) is 11.3. The number of amides is 1. The van der Waals surface area contributed by atoms with Crippen LogP contribution in [0.15, 0.2) is 24.3 Å². The number of carbonyl (C=O) groups is 1. The lowest BCUT2D eigenvalue weighted by molar-refractivity contribution is -0.129. The van der Waals surface area contributed by atoms with E-state index in [1.165, 1.54) is 25.9 Å². The van der Waals surface area contributed by atoms with Crippen molar-refractivity contribution in [3.05, 3.63) is 24.3 Å². The highest BCUT2D eigenvalue weighted by atomic mass is 32.2. The van der Waals surface area contributed by atoms with Gasteiger partial charge >= 0.3 is 0 Å². The summed E-state index contributed by atoms with van der Waals surface area (Å²) in [6.45, 7) is 2.53. The average molecular weight is 359 g/mol. The maximum Gasteiger partial charge on any atom is 0.278 e. The van der Waals surface area contributed by atoms with E-state index in [1.807, 2.05) is 0 Å². The predicted molar refractivity (Wildman–Crippen MR) is 91.4 cm³/mol. The highest BCUT2D eigenvalue weighted by Crippen LogP contribution is 2.16. The zero-order valence-electron chi connectivity index (χ0n) is 14.5. The van der Waals surface area contributed by atoms with Gasteiger partial charge in [0.1, 0.15) is 18.1 Å². The van der Waals surface area contributed by atoms with Crippen LogP contribution in [0.3, 0.4) is 0 Å². The molecule has 0 atom stereocenters. The monoisotopic (exact) mass is 359 g/mol. The third-order valence-corrected chi connectivity index (χ3v) is 4.81. The van der Waals surface area contributed by atoms with Gasteiger partial charge < -0.3 is 14.4 Å². The van der Waals surface area contributed by atoms with E-state index < -0.39 is 10.2 Å². The Morgan fingerprint density at radius 2 is 1.71 bits per heavy atom. The number of carbonyl (C=O) groups excluding carboxylic acids is 1. The molecule has 0 saturated heterocycles. The van der Waals surface area contributed by atoms with Crippen LogP contribution < -0.4 is 14.2 Å². The predicted octanol–water partition coefficient (Wildman–Crippen LogP) is 0.319.